The third kappa shape index (κ3) is 4.04. The number of hydrogen-bond donors (Lipinski definition) is 0. The molecular weight excluding hydrogens is 440 g/mol. The molecule has 2 aromatic rings. The largest absolute Gasteiger partial charge is 0.456 e. The number of rotatable bonds is 7. The number of hydrogen-bond acceptors (Lipinski definition) is 10. The molecule has 3 heterocycles. The van der Waals surface area contributed by atoms with Crippen LogP contribution < -0.4 is 0 Å². The van der Waals surface area contributed by atoms with E-state index < -0.39 is 40.2 Å². The molecule has 0 N–H and O–H groups in total. The molecule has 0 saturated carbocycles. The van der Waals surface area contributed by atoms with Gasteiger partial charge in [-0.25, -0.2) is 4.79 Å². The van der Waals surface area contributed by atoms with E-state index in [1.54, 1.807) is 0 Å². The fraction of sp³-hybridized carbons (Fsp3) is 0.250. The van der Waals surface area contributed by atoms with Crippen LogP contribution in [0.3, 0.4) is 0 Å². The Kier molecular flexibility index (Phi) is 5.86. The number of β-lactam (4-membered cyclic amide) rings is 1. The van der Waals surface area contributed by atoms with Crippen LogP contribution in [0, 0.1) is 16.0 Å². The van der Waals surface area contributed by atoms with Gasteiger partial charge in [-0.1, -0.05) is 0 Å². The zero-order valence-corrected chi connectivity index (χ0v) is 17.4. The summed E-state index contributed by atoms with van der Waals surface area (Å²) in [7, 11) is 0. The van der Waals surface area contributed by atoms with Crippen molar-refractivity contribution < 1.29 is 28.8 Å². The number of nitro benzene ring substituents is 1. The summed E-state index contributed by atoms with van der Waals surface area (Å²) in [6.45, 7) is 1.13. The van der Waals surface area contributed by atoms with Crippen LogP contribution in [0.4, 0.5) is 5.69 Å². The molecule has 0 bridgehead atoms. The fourth-order valence-corrected chi connectivity index (χ4v) is 4.64. The second-order valence-electron chi connectivity index (χ2n) is 6.92. The van der Waals surface area contributed by atoms with E-state index in [2.05, 4.69) is 9.97 Å². The molecule has 11 nitrogen and oxygen atoms in total. The Morgan fingerprint density at radius 2 is 2.03 bits per heavy atom. The molecule has 1 aromatic heterocycles. The first-order valence-corrected chi connectivity index (χ1v) is 10.3. The number of carbonyl (C=O) groups excluding carboxylic acids is 3. The molecule has 12 heteroatoms. The Hall–Kier alpha value is -3.80. The van der Waals surface area contributed by atoms with Gasteiger partial charge in [0, 0.05) is 36.9 Å². The van der Waals surface area contributed by atoms with Gasteiger partial charge in [-0.2, -0.15) is 0 Å². The van der Waals surface area contributed by atoms with E-state index in [9.17, 15) is 24.5 Å². The highest BCUT2D eigenvalue weighted by Gasteiger charge is 2.58. The Morgan fingerprint density at radius 3 is 2.66 bits per heavy atom. The average molecular weight is 456 g/mol. The number of thioether (sulfide) groups is 1. The van der Waals surface area contributed by atoms with E-state index in [-0.39, 0.29) is 18.0 Å². The first-order valence-electron chi connectivity index (χ1n) is 9.39. The van der Waals surface area contributed by atoms with Crippen LogP contribution in [0.5, 0.6) is 0 Å². The van der Waals surface area contributed by atoms with Crippen LogP contribution in [0.15, 0.2) is 54.0 Å². The molecule has 32 heavy (non-hydrogen) atoms. The number of nitro groups is 1. The Bertz CT molecular complexity index is 1110. The van der Waals surface area contributed by atoms with Crippen molar-refractivity contribution in [1.82, 2.24) is 14.9 Å². The van der Waals surface area contributed by atoms with Crippen LogP contribution in [-0.2, 0) is 30.5 Å². The highest BCUT2D eigenvalue weighted by Crippen LogP contribution is 2.50. The van der Waals surface area contributed by atoms with Gasteiger partial charge in [-0.3, -0.25) is 34.6 Å². The number of non-ortho nitro benzene ring substituents is 1. The summed E-state index contributed by atoms with van der Waals surface area (Å²) in [6.07, 6.45) is 3.41. The maximum absolute atomic E-state index is 12.9. The van der Waals surface area contributed by atoms with E-state index in [0.29, 0.717) is 11.3 Å². The molecule has 3 unspecified atom stereocenters. The molecule has 1 aromatic carbocycles. The van der Waals surface area contributed by atoms with Gasteiger partial charge < -0.3 is 9.47 Å². The maximum Gasteiger partial charge on any atom is 0.355 e. The summed E-state index contributed by atoms with van der Waals surface area (Å²) in [5.41, 5.74) is 0.928. The van der Waals surface area contributed by atoms with Crippen molar-refractivity contribution >= 4 is 35.3 Å². The van der Waals surface area contributed by atoms with Crippen molar-refractivity contribution in [1.29, 1.82) is 0 Å². The van der Waals surface area contributed by atoms with Crippen LogP contribution >= 0.6 is 11.8 Å². The van der Waals surface area contributed by atoms with Gasteiger partial charge in [-0.05, 0) is 17.7 Å². The zero-order valence-electron chi connectivity index (χ0n) is 16.6. The highest BCUT2D eigenvalue weighted by molar-refractivity contribution is 8.03. The van der Waals surface area contributed by atoms with Crippen molar-refractivity contribution in [2.24, 2.45) is 5.92 Å². The molecule has 2 aliphatic rings. The molecule has 1 amide bonds. The lowest BCUT2D eigenvalue weighted by atomic mass is 9.89. The van der Waals surface area contributed by atoms with Gasteiger partial charge in [0.2, 0.25) is 5.91 Å². The van der Waals surface area contributed by atoms with Crippen LogP contribution in [0.2, 0.25) is 0 Å². The fourth-order valence-electron chi connectivity index (χ4n) is 3.39. The molecular formula is C20H16N4O7S. The molecule has 4 rings (SSSR count). The normalized spacial score (nSPS) is 20.0. The molecule has 1 fully saturated rings. The van der Waals surface area contributed by atoms with Gasteiger partial charge in [0.1, 0.15) is 29.3 Å². The van der Waals surface area contributed by atoms with Gasteiger partial charge in [-0.15, -0.1) is 11.8 Å². The minimum Gasteiger partial charge on any atom is -0.456 e. The average Bonchev–Trinajstić information content (AvgIpc) is 3.17. The van der Waals surface area contributed by atoms with Crippen molar-refractivity contribution in [3.8, 4) is 0 Å². The van der Waals surface area contributed by atoms with E-state index in [1.165, 1.54) is 71.8 Å². The third-order valence-electron chi connectivity index (χ3n) is 4.88. The van der Waals surface area contributed by atoms with Gasteiger partial charge >= 0.3 is 11.9 Å². The number of carbonyl (C=O) groups is 3. The minimum atomic E-state index is -0.925. The predicted octanol–water partition coefficient (Wildman–Crippen LogP) is 2.11. The molecule has 1 saturated heterocycles. The van der Waals surface area contributed by atoms with Crippen LogP contribution in [0.25, 0.3) is 0 Å². The summed E-state index contributed by atoms with van der Waals surface area (Å²) in [5.74, 6) is -2.38. The van der Waals surface area contributed by atoms with Crippen LogP contribution in [0.1, 0.15) is 24.3 Å². The number of esters is 2. The van der Waals surface area contributed by atoms with E-state index in [0.717, 1.165) is 0 Å². The molecule has 0 spiro atoms. The standard InChI is InChI=1S/C20H16N4O7S/c1-11(25)31-17(14-8-21-6-7-22-14)16-18(26)23-15(10-32-19(16)23)20(27)30-9-12-2-4-13(5-3-12)24(28)29/h2-8,10,16-17,19H,9H2,1H3. The molecule has 2 aliphatic heterocycles. The lowest BCUT2D eigenvalue weighted by molar-refractivity contribution is -0.384. The maximum atomic E-state index is 12.9. The predicted molar refractivity (Wildman–Crippen MR) is 109 cm³/mol. The molecule has 164 valence electrons. The Labute approximate surface area is 185 Å². The molecule has 3 atom stereocenters. The van der Waals surface area contributed by atoms with Gasteiger partial charge in [0.05, 0.1) is 11.1 Å². The summed E-state index contributed by atoms with van der Waals surface area (Å²) < 4.78 is 10.6. The Morgan fingerprint density at radius 1 is 1.28 bits per heavy atom. The molecule has 0 aliphatic carbocycles. The minimum absolute atomic E-state index is 0.0690. The zero-order chi connectivity index (χ0) is 22.8. The Balaban J connectivity index is 1.42. The summed E-state index contributed by atoms with van der Waals surface area (Å²) in [6, 6.07) is 5.60. The van der Waals surface area contributed by atoms with Crippen molar-refractivity contribution in [3.05, 3.63) is 75.3 Å². The number of benzene rings is 1. The van der Waals surface area contributed by atoms with E-state index in [4.69, 9.17) is 9.47 Å². The second-order valence-corrected chi connectivity index (χ2v) is 7.91. The first-order chi connectivity index (χ1) is 15.4. The number of aromatic nitrogens is 2. The quantitative estimate of drug-likeness (QED) is 0.263. The smallest absolute Gasteiger partial charge is 0.355 e. The van der Waals surface area contributed by atoms with Crippen molar-refractivity contribution in [2.75, 3.05) is 0 Å². The molecule has 0 radical (unpaired) electrons. The van der Waals surface area contributed by atoms with Crippen molar-refractivity contribution in [3.63, 3.8) is 0 Å². The summed E-state index contributed by atoms with van der Waals surface area (Å²) in [4.78, 5) is 56.6. The van der Waals surface area contributed by atoms with E-state index in [1.807, 2.05) is 0 Å². The summed E-state index contributed by atoms with van der Waals surface area (Å²) >= 11 is 1.25. The van der Waals surface area contributed by atoms with Gasteiger partial charge in [0.15, 0.2) is 6.10 Å². The first kappa shape index (κ1) is 21.4. The van der Waals surface area contributed by atoms with E-state index >= 15 is 0 Å². The number of nitrogens with zero attached hydrogens (tertiary/aromatic N) is 4. The second kappa shape index (κ2) is 8.75. The summed E-state index contributed by atoms with van der Waals surface area (Å²) in [5, 5.41) is 11.8. The monoisotopic (exact) mass is 456 g/mol. The van der Waals surface area contributed by atoms with Crippen molar-refractivity contribution in [2.45, 2.75) is 25.0 Å². The topological polar surface area (TPSA) is 142 Å². The lowest BCUT2D eigenvalue weighted by Gasteiger charge is -2.45. The lowest BCUT2D eigenvalue weighted by Crippen LogP contribution is -2.59. The third-order valence-corrected chi connectivity index (χ3v) is 6.03. The SMILES string of the molecule is CC(=O)OC(c1cnccn1)C1C(=O)N2C(C(=O)OCc3ccc([N+](=O)[O-])cc3)=CSC12. The number of ether oxygens (including phenoxy) is 2. The number of amides is 1. The van der Waals surface area contributed by atoms with Gasteiger partial charge in [0.25, 0.3) is 5.69 Å². The highest BCUT2D eigenvalue weighted by atomic mass is 32.2. The number of fused-ring (bicyclic) bond motifs is 1. The van der Waals surface area contributed by atoms with Crippen LogP contribution in [-0.4, -0.2) is 43.0 Å².